The van der Waals surface area contributed by atoms with E-state index in [9.17, 15) is 4.79 Å². The van der Waals surface area contributed by atoms with E-state index in [1.807, 2.05) is 0 Å². The average Bonchev–Trinajstić information content (AvgIpc) is 2.43. The van der Waals surface area contributed by atoms with Crippen LogP contribution in [0.15, 0.2) is 0 Å². The number of aliphatic hydroxyl groups excluding tert-OH is 3. The summed E-state index contributed by atoms with van der Waals surface area (Å²) < 4.78 is 9.25. The van der Waals surface area contributed by atoms with Gasteiger partial charge in [0.25, 0.3) is 0 Å². The fourth-order valence-electron chi connectivity index (χ4n) is 1.40. The minimum absolute atomic E-state index is 0.823. The number of carbonyl (C=O) groups excluding carboxylic acids is 1. The highest BCUT2D eigenvalue weighted by atomic mass is 16.7. The van der Waals surface area contributed by atoms with E-state index in [0.29, 0.717) is 0 Å². The lowest BCUT2D eigenvalue weighted by atomic mass is 10.1. The predicted octanol–water partition coefficient (Wildman–Crippen LogP) is -2.65. The Morgan fingerprint density at radius 1 is 1.17 bits per heavy atom. The van der Waals surface area contributed by atoms with Gasteiger partial charge in [-0.05, 0) is 0 Å². The second-order valence-corrected chi connectivity index (χ2v) is 2.83. The van der Waals surface area contributed by atoms with Gasteiger partial charge >= 0.3 is 5.97 Å². The third-order valence-electron chi connectivity index (χ3n) is 2.05. The van der Waals surface area contributed by atoms with Crippen LogP contribution in [0.1, 0.15) is 0 Å². The monoisotopic (exact) mass is 176 g/mol. The molecule has 0 radical (unpaired) electrons. The van der Waals surface area contributed by atoms with Crippen LogP contribution in [0.25, 0.3) is 0 Å². The minimum atomic E-state index is -1.40. The molecule has 0 amide bonds. The summed E-state index contributed by atoms with van der Waals surface area (Å²) in [5.74, 6) is -0.823. The van der Waals surface area contributed by atoms with Crippen molar-refractivity contribution in [2.75, 3.05) is 0 Å². The van der Waals surface area contributed by atoms with E-state index >= 15 is 0 Å². The molecule has 0 aromatic rings. The number of esters is 1. The van der Waals surface area contributed by atoms with E-state index < -0.39 is 36.7 Å². The smallest absolute Gasteiger partial charge is 0.338 e. The van der Waals surface area contributed by atoms with E-state index in [1.165, 1.54) is 0 Å². The van der Waals surface area contributed by atoms with Gasteiger partial charge in [0, 0.05) is 0 Å². The molecule has 1 unspecified atom stereocenters. The number of rotatable bonds is 0. The van der Waals surface area contributed by atoms with E-state index in [-0.39, 0.29) is 0 Å². The van der Waals surface area contributed by atoms with E-state index in [1.54, 1.807) is 0 Å². The lowest BCUT2D eigenvalue weighted by Crippen LogP contribution is -2.32. The largest absolute Gasteiger partial charge is 0.454 e. The zero-order chi connectivity index (χ0) is 8.88. The molecule has 2 saturated heterocycles. The number of hydrogen-bond acceptors (Lipinski definition) is 6. The van der Waals surface area contributed by atoms with Crippen molar-refractivity contribution in [1.29, 1.82) is 0 Å². The topological polar surface area (TPSA) is 96.2 Å². The first-order chi connectivity index (χ1) is 5.61. The van der Waals surface area contributed by atoms with Gasteiger partial charge in [-0.25, -0.2) is 4.79 Å². The fourth-order valence-corrected chi connectivity index (χ4v) is 1.40. The summed E-state index contributed by atoms with van der Waals surface area (Å²) in [6.07, 6.45) is -5.94. The number of aliphatic hydroxyl groups is 3. The van der Waals surface area contributed by atoms with Crippen molar-refractivity contribution in [3.05, 3.63) is 0 Å². The summed E-state index contributed by atoms with van der Waals surface area (Å²) in [6.45, 7) is 0. The Labute approximate surface area is 67.3 Å². The van der Waals surface area contributed by atoms with Crippen LogP contribution in [0.4, 0.5) is 0 Å². The molecule has 0 aliphatic carbocycles. The summed E-state index contributed by atoms with van der Waals surface area (Å²) in [5, 5.41) is 27.2. The quantitative estimate of drug-likeness (QED) is 0.349. The minimum Gasteiger partial charge on any atom is -0.454 e. The summed E-state index contributed by atoms with van der Waals surface area (Å²) in [5.41, 5.74) is 0. The van der Waals surface area contributed by atoms with Gasteiger partial charge in [-0.1, -0.05) is 0 Å². The van der Waals surface area contributed by atoms with Crippen molar-refractivity contribution >= 4 is 5.97 Å². The Balaban J connectivity index is 2.19. The van der Waals surface area contributed by atoms with Gasteiger partial charge in [0.2, 0.25) is 0 Å². The molecule has 2 heterocycles. The van der Waals surface area contributed by atoms with Crippen molar-refractivity contribution in [3.8, 4) is 0 Å². The van der Waals surface area contributed by atoms with Crippen LogP contribution in [0, 0.1) is 0 Å². The highest BCUT2D eigenvalue weighted by Crippen LogP contribution is 2.30. The Bertz CT molecular complexity index is 216. The van der Waals surface area contributed by atoms with E-state index in [0.717, 1.165) is 0 Å². The molecule has 0 saturated carbocycles. The van der Waals surface area contributed by atoms with Crippen LogP contribution in [-0.4, -0.2) is 52.0 Å². The zero-order valence-electron chi connectivity index (χ0n) is 5.95. The molecule has 0 aromatic heterocycles. The molecule has 6 heteroatoms. The summed E-state index contributed by atoms with van der Waals surface area (Å²) >= 11 is 0. The molecule has 2 aliphatic rings. The van der Waals surface area contributed by atoms with Crippen LogP contribution in [-0.2, 0) is 14.3 Å². The standard InChI is InChI=1S/C6H8O6/c7-1-3-4(12-5(1)9)2(8)6(10)11-3/h1-5,7-9H/t1?,2-,3+,4-,5-/m1/s1. The first-order valence-electron chi connectivity index (χ1n) is 3.51. The van der Waals surface area contributed by atoms with Crippen LogP contribution in [0.2, 0.25) is 0 Å². The number of hydrogen-bond donors (Lipinski definition) is 3. The predicted molar refractivity (Wildman–Crippen MR) is 32.8 cm³/mol. The lowest BCUT2D eigenvalue weighted by Gasteiger charge is -2.10. The molecular formula is C6H8O6. The first-order valence-corrected chi connectivity index (χ1v) is 3.51. The van der Waals surface area contributed by atoms with Gasteiger partial charge in [0.15, 0.2) is 18.5 Å². The molecule has 2 fully saturated rings. The zero-order valence-corrected chi connectivity index (χ0v) is 5.95. The van der Waals surface area contributed by atoms with Gasteiger partial charge in [0.1, 0.15) is 12.2 Å². The number of ether oxygens (including phenoxy) is 2. The second kappa shape index (κ2) is 2.40. The maximum atomic E-state index is 10.7. The van der Waals surface area contributed by atoms with E-state index in [4.69, 9.17) is 15.3 Å². The molecule has 2 aliphatic heterocycles. The molecule has 5 atom stereocenters. The second-order valence-electron chi connectivity index (χ2n) is 2.83. The van der Waals surface area contributed by atoms with Crippen molar-refractivity contribution in [3.63, 3.8) is 0 Å². The summed E-state index contributed by atoms with van der Waals surface area (Å²) in [6, 6.07) is 0. The molecule has 0 bridgehead atoms. The Morgan fingerprint density at radius 3 is 2.42 bits per heavy atom. The van der Waals surface area contributed by atoms with Crippen LogP contribution in [0.5, 0.6) is 0 Å². The van der Waals surface area contributed by atoms with Gasteiger partial charge in [0.05, 0.1) is 0 Å². The fraction of sp³-hybridized carbons (Fsp3) is 0.833. The van der Waals surface area contributed by atoms with Gasteiger partial charge < -0.3 is 24.8 Å². The van der Waals surface area contributed by atoms with Gasteiger partial charge in [-0.3, -0.25) is 0 Å². The summed E-state index contributed by atoms with van der Waals surface area (Å²) in [7, 11) is 0. The third kappa shape index (κ3) is 0.862. The Hall–Kier alpha value is -0.690. The van der Waals surface area contributed by atoms with Gasteiger partial charge in [-0.15, -0.1) is 0 Å². The van der Waals surface area contributed by atoms with Crippen LogP contribution >= 0.6 is 0 Å². The Morgan fingerprint density at radius 2 is 1.83 bits per heavy atom. The maximum Gasteiger partial charge on any atom is 0.338 e. The first kappa shape index (κ1) is 7.93. The average molecular weight is 176 g/mol. The SMILES string of the molecule is O=C1O[C@H]2C(O)[C@H](O)O[C@@H]2[C@H]1O. The lowest BCUT2D eigenvalue weighted by molar-refractivity contribution is -0.168. The third-order valence-corrected chi connectivity index (χ3v) is 2.05. The molecular weight excluding hydrogens is 168 g/mol. The normalized spacial score (nSPS) is 52.2. The maximum absolute atomic E-state index is 10.7. The number of carbonyl (C=O) groups is 1. The highest BCUT2D eigenvalue weighted by molar-refractivity contribution is 5.78. The number of fused-ring (bicyclic) bond motifs is 1. The van der Waals surface area contributed by atoms with Crippen LogP contribution < -0.4 is 0 Å². The van der Waals surface area contributed by atoms with E-state index in [2.05, 4.69) is 9.47 Å². The van der Waals surface area contributed by atoms with Crippen molar-refractivity contribution in [1.82, 2.24) is 0 Å². The summed E-state index contributed by atoms with van der Waals surface area (Å²) in [4.78, 5) is 10.7. The molecule has 3 N–H and O–H groups in total. The van der Waals surface area contributed by atoms with Crippen LogP contribution in [0.3, 0.4) is 0 Å². The molecule has 68 valence electrons. The molecule has 6 nitrogen and oxygen atoms in total. The molecule has 0 aromatic carbocycles. The molecule has 0 spiro atoms. The molecule has 2 rings (SSSR count). The van der Waals surface area contributed by atoms with Gasteiger partial charge in [-0.2, -0.15) is 0 Å². The van der Waals surface area contributed by atoms with Crippen molar-refractivity contribution in [2.45, 2.75) is 30.7 Å². The highest BCUT2D eigenvalue weighted by Gasteiger charge is 2.56. The molecule has 12 heavy (non-hydrogen) atoms. The van der Waals surface area contributed by atoms with Crippen molar-refractivity contribution < 1.29 is 29.6 Å². The van der Waals surface area contributed by atoms with Crippen molar-refractivity contribution in [2.24, 2.45) is 0 Å². The Kier molecular flexibility index (Phi) is 1.58.